The Labute approximate surface area is 143 Å². The van der Waals surface area contributed by atoms with Gasteiger partial charge in [0, 0.05) is 19.0 Å². The molecular weight excluding hydrogens is 342 g/mol. The second-order valence-electron chi connectivity index (χ2n) is 7.01. The van der Waals surface area contributed by atoms with Crippen LogP contribution >= 0.6 is 0 Å². The van der Waals surface area contributed by atoms with E-state index in [9.17, 15) is 22.4 Å². The number of hydrogen-bond donors (Lipinski definition) is 0. The van der Waals surface area contributed by atoms with Gasteiger partial charge >= 0.3 is 12.3 Å². The summed E-state index contributed by atoms with van der Waals surface area (Å²) in [6.45, 7) is 6.13. The van der Waals surface area contributed by atoms with Crippen molar-refractivity contribution in [3.63, 3.8) is 0 Å². The third-order valence-electron chi connectivity index (χ3n) is 3.68. The molecule has 0 aromatic heterocycles. The van der Waals surface area contributed by atoms with Gasteiger partial charge in [-0.2, -0.15) is 13.2 Å². The summed E-state index contributed by atoms with van der Waals surface area (Å²) in [5.74, 6) is -1.95. The number of rotatable bonds is 3. The Balaban J connectivity index is 1.92. The first-order valence-electron chi connectivity index (χ1n) is 7.94. The van der Waals surface area contributed by atoms with Gasteiger partial charge in [0.05, 0.1) is 12.2 Å². The number of likely N-dealkylation sites (tertiary alicyclic amines) is 1. The van der Waals surface area contributed by atoms with E-state index >= 15 is 0 Å². The van der Waals surface area contributed by atoms with Crippen molar-refractivity contribution in [2.45, 2.75) is 39.0 Å². The number of alkyl halides is 3. The summed E-state index contributed by atoms with van der Waals surface area (Å²) in [5, 5.41) is 0. The van der Waals surface area contributed by atoms with Gasteiger partial charge in [-0.15, -0.1) is 0 Å². The summed E-state index contributed by atoms with van der Waals surface area (Å²) in [6.07, 6.45) is -4.61. The molecule has 25 heavy (non-hydrogen) atoms. The number of carbonyl (C=O) groups is 1. The fraction of sp³-hybridized carbons (Fsp3) is 0.588. The van der Waals surface area contributed by atoms with Crippen molar-refractivity contribution in [3.05, 3.63) is 29.6 Å². The number of ether oxygens (including phenoxy) is 2. The first-order valence-corrected chi connectivity index (χ1v) is 7.94. The molecule has 0 bridgehead atoms. The van der Waals surface area contributed by atoms with Crippen LogP contribution in [0.3, 0.4) is 0 Å². The van der Waals surface area contributed by atoms with Crippen LogP contribution in [-0.4, -0.2) is 36.3 Å². The predicted molar refractivity (Wildman–Crippen MR) is 82.8 cm³/mol. The van der Waals surface area contributed by atoms with Crippen molar-refractivity contribution in [3.8, 4) is 5.75 Å². The average molecular weight is 363 g/mol. The maximum absolute atomic E-state index is 13.9. The molecule has 140 valence electrons. The van der Waals surface area contributed by atoms with Gasteiger partial charge < -0.3 is 14.4 Å². The van der Waals surface area contributed by atoms with Gasteiger partial charge in [-0.1, -0.05) is 6.07 Å². The standard InChI is InChI=1S/C17H21F4NO3/c1-16(2,3)25-15(23)22-8-7-11(9-22)10-24-13-6-4-5-12(14(13)18)17(19,20)21/h4-6,11H,7-10H2,1-3H3. The van der Waals surface area contributed by atoms with E-state index in [1.54, 1.807) is 20.8 Å². The topological polar surface area (TPSA) is 38.8 Å². The molecule has 1 aliphatic heterocycles. The van der Waals surface area contributed by atoms with Crippen LogP contribution in [0.5, 0.6) is 5.75 Å². The highest BCUT2D eigenvalue weighted by molar-refractivity contribution is 5.68. The number of amides is 1. The molecule has 0 radical (unpaired) electrons. The molecule has 0 saturated carbocycles. The maximum Gasteiger partial charge on any atom is 0.419 e. The van der Waals surface area contributed by atoms with E-state index < -0.39 is 35.0 Å². The Morgan fingerprint density at radius 2 is 1.96 bits per heavy atom. The van der Waals surface area contributed by atoms with Crippen LogP contribution in [0.15, 0.2) is 18.2 Å². The van der Waals surface area contributed by atoms with Crippen LogP contribution in [-0.2, 0) is 10.9 Å². The molecule has 1 heterocycles. The van der Waals surface area contributed by atoms with Crippen LogP contribution in [0.1, 0.15) is 32.8 Å². The summed E-state index contributed by atoms with van der Waals surface area (Å²) >= 11 is 0. The van der Waals surface area contributed by atoms with Crippen molar-refractivity contribution in [1.82, 2.24) is 4.90 Å². The van der Waals surface area contributed by atoms with Crippen LogP contribution in [0.25, 0.3) is 0 Å². The molecule has 1 aromatic rings. The fourth-order valence-corrected chi connectivity index (χ4v) is 2.51. The summed E-state index contributed by atoms with van der Waals surface area (Å²) in [4.78, 5) is 13.5. The molecule has 1 saturated heterocycles. The molecule has 1 aromatic carbocycles. The van der Waals surface area contributed by atoms with Crippen molar-refractivity contribution in [1.29, 1.82) is 0 Å². The number of benzene rings is 1. The van der Waals surface area contributed by atoms with Gasteiger partial charge in [0.25, 0.3) is 0 Å². The normalized spacial score (nSPS) is 18.4. The lowest BCUT2D eigenvalue weighted by molar-refractivity contribution is -0.140. The highest BCUT2D eigenvalue weighted by Crippen LogP contribution is 2.35. The second-order valence-corrected chi connectivity index (χ2v) is 7.01. The molecule has 1 aliphatic rings. The first-order chi connectivity index (χ1) is 11.5. The number of hydrogen-bond acceptors (Lipinski definition) is 3. The average Bonchev–Trinajstić information content (AvgIpc) is 2.92. The van der Waals surface area contributed by atoms with Gasteiger partial charge in [-0.05, 0) is 39.3 Å². The van der Waals surface area contributed by atoms with Crippen LogP contribution in [0.4, 0.5) is 22.4 Å². The van der Waals surface area contributed by atoms with E-state index in [1.807, 2.05) is 0 Å². The summed E-state index contributed by atoms with van der Waals surface area (Å²) in [7, 11) is 0. The zero-order valence-electron chi connectivity index (χ0n) is 14.3. The minimum absolute atomic E-state index is 0.0253. The van der Waals surface area contributed by atoms with Gasteiger partial charge in [0.1, 0.15) is 5.60 Å². The quantitative estimate of drug-likeness (QED) is 0.744. The molecule has 1 fully saturated rings. The molecule has 2 rings (SSSR count). The largest absolute Gasteiger partial charge is 0.490 e. The Morgan fingerprint density at radius 1 is 1.28 bits per heavy atom. The van der Waals surface area contributed by atoms with Crippen molar-refractivity contribution < 1.29 is 31.8 Å². The summed E-state index contributed by atoms with van der Waals surface area (Å²) in [5.41, 5.74) is -1.96. The molecule has 1 unspecified atom stereocenters. The predicted octanol–water partition coefficient (Wildman–Crippen LogP) is 4.48. The van der Waals surface area contributed by atoms with Crippen molar-refractivity contribution in [2.24, 2.45) is 5.92 Å². The Kier molecular flexibility index (Phi) is 5.49. The van der Waals surface area contributed by atoms with Gasteiger partial charge in [-0.25, -0.2) is 9.18 Å². The number of nitrogens with zero attached hydrogens (tertiary/aromatic N) is 1. The van der Waals surface area contributed by atoms with Crippen LogP contribution in [0.2, 0.25) is 0 Å². The fourth-order valence-electron chi connectivity index (χ4n) is 2.51. The Bertz CT molecular complexity index is 625. The third-order valence-corrected chi connectivity index (χ3v) is 3.68. The summed E-state index contributed by atoms with van der Waals surface area (Å²) < 4.78 is 62.5. The zero-order valence-corrected chi connectivity index (χ0v) is 14.3. The maximum atomic E-state index is 13.9. The molecule has 8 heteroatoms. The lowest BCUT2D eigenvalue weighted by Crippen LogP contribution is -2.35. The molecular formula is C17H21F4NO3. The number of halogens is 4. The monoisotopic (exact) mass is 363 g/mol. The number of carbonyl (C=O) groups excluding carboxylic acids is 1. The third kappa shape index (κ3) is 5.24. The highest BCUT2D eigenvalue weighted by atomic mass is 19.4. The lowest BCUT2D eigenvalue weighted by Gasteiger charge is -2.24. The van der Waals surface area contributed by atoms with Gasteiger partial charge in [-0.3, -0.25) is 0 Å². The van der Waals surface area contributed by atoms with E-state index in [0.29, 0.717) is 25.6 Å². The molecule has 0 spiro atoms. The van der Waals surface area contributed by atoms with E-state index in [2.05, 4.69) is 0 Å². The van der Waals surface area contributed by atoms with Crippen LogP contribution in [0, 0.1) is 11.7 Å². The highest BCUT2D eigenvalue weighted by Gasteiger charge is 2.35. The Hall–Kier alpha value is -1.99. The van der Waals surface area contributed by atoms with Gasteiger partial charge in [0.2, 0.25) is 0 Å². The second kappa shape index (κ2) is 7.09. The zero-order chi connectivity index (χ0) is 18.8. The molecule has 0 N–H and O–H groups in total. The van der Waals surface area contributed by atoms with E-state index in [0.717, 1.165) is 12.1 Å². The SMILES string of the molecule is CC(C)(C)OC(=O)N1CCC(COc2cccc(C(F)(F)F)c2F)C1. The summed E-state index contributed by atoms with van der Waals surface area (Å²) in [6, 6.07) is 2.93. The van der Waals surface area contributed by atoms with Gasteiger partial charge in [0.15, 0.2) is 11.6 Å². The van der Waals surface area contributed by atoms with E-state index in [-0.39, 0.29) is 12.5 Å². The minimum atomic E-state index is -4.77. The lowest BCUT2D eigenvalue weighted by atomic mass is 10.1. The first kappa shape index (κ1) is 19.3. The van der Waals surface area contributed by atoms with Crippen molar-refractivity contribution in [2.75, 3.05) is 19.7 Å². The van der Waals surface area contributed by atoms with Crippen molar-refractivity contribution >= 4 is 6.09 Å². The minimum Gasteiger partial charge on any atom is -0.490 e. The van der Waals surface area contributed by atoms with E-state index in [4.69, 9.17) is 9.47 Å². The smallest absolute Gasteiger partial charge is 0.419 e. The molecule has 0 aliphatic carbocycles. The molecule has 1 amide bonds. The Morgan fingerprint density at radius 3 is 2.56 bits per heavy atom. The van der Waals surface area contributed by atoms with Crippen LogP contribution < -0.4 is 4.74 Å². The van der Waals surface area contributed by atoms with E-state index in [1.165, 1.54) is 4.90 Å². The molecule has 4 nitrogen and oxygen atoms in total. The molecule has 1 atom stereocenters.